The highest BCUT2D eigenvalue weighted by Gasteiger charge is 2.03. The molecule has 0 saturated heterocycles. The van der Waals surface area contributed by atoms with Gasteiger partial charge in [0.1, 0.15) is 19.2 Å². The molecule has 0 atom stereocenters. The van der Waals surface area contributed by atoms with E-state index in [1.807, 2.05) is 24.3 Å². The van der Waals surface area contributed by atoms with E-state index in [-0.39, 0.29) is 12.5 Å². The zero-order chi connectivity index (χ0) is 11.4. The van der Waals surface area contributed by atoms with Gasteiger partial charge in [0, 0.05) is 10.2 Å². The number of nitrogens with zero attached hydrogens (tertiary/aromatic N) is 3. The topological polar surface area (TPSA) is 59.8 Å². The van der Waals surface area contributed by atoms with Crippen LogP contribution in [0.15, 0.2) is 41.4 Å². The number of carbonyl (C=O) groups excluding carboxylic acids is 1. The van der Waals surface area contributed by atoms with Crippen LogP contribution in [0.25, 0.3) is 0 Å². The van der Waals surface area contributed by atoms with E-state index in [0.29, 0.717) is 0 Å². The number of hydrogen-bond acceptors (Lipinski definition) is 3. The number of nitrogens with one attached hydrogen (secondary N) is 1. The van der Waals surface area contributed by atoms with Crippen molar-refractivity contribution in [2.45, 2.75) is 6.54 Å². The highest BCUT2D eigenvalue weighted by atomic mass is 79.9. The van der Waals surface area contributed by atoms with E-state index < -0.39 is 0 Å². The number of rotatable bonds is 3. The molecule has 0 spiro atoms. The van der Waals surface area contributed by atoms with Crippen molar-refractivity contribution < 1.29 is 4.79 Å². The third-order valence-electron chi connectivity index (χ3n) is 1.90. The first-order valence-electron chi connectivity index (χ1n) is 4.62. The van der Waals surface area contributed by atoms with Crippen molar-refractivity contribution in [1.82, 2.24) is 14.8 Å². The van der Waals surface area contributed by atoms with E-state index >= 15 is 0 Å². The van der Waals surface area contributed by atoms with Gasteiger partial charge in [-0.05, 0) is 24.3 Å². The van der Waals surface area contributed by atoms with E-state index in [0.717, 1.165) is 10.2 Å². The Bertz CT molecular complexity index is 466. The normalized spacial score (nSPS) is 10.1. The smallest absolute Gasteiger partial charge is 0.246 e. The van der Waals surface area contributed by atoms with Crippen LogP contribution in [0.3, 0.4) is 0 Å². The van der Waals surface area contributed by atoms with Gasteiger partial charge in [-0.3, -0.25) is 4.79 Å². The van der Waals surface area contributed by atoms with E-state index in [2.05, 4.69) is 31.3 Å². The molecule has 2 aromatic rings. The second-order valence-corrected chi connectivity index (χ2v) is 4.06. The van der Waals surface area contributed by atoms with Gasteiger partial charge < -0.3 is 5.32 Å². The molecule has 0 aliphatic heterocycles. The standard InChI is InChI=1S/C10H9BrN4O/c11-8-1-3-9(4-2-8)14-10(16)5-15-7-12-6-13-15/h1-4,6-7H,5H2,(H,14,16). The van der Waals surface area contributed by atoms with Crippen LogP contribution in [0.4, 0.5) is 5.69 Å². The van der Waals surface area contributed by atoms with Crippen molar-refractivity contribution in [1.29, 1.82) is 0 Å². The fourth-order valence-corrected chi connectivity index (χ4v) is 1.46. The summed E-state index contributed by atoms with van der Waals surface area (Å²) in [4.78, 5) is 15.3. The van der Waals surface area contributed by atoms with Crippen molar-refractivity contribution in [3.8, 4) is 0 Å². The summed E-state index contributed by atoms with van der Waals surface area (Å²) >= 11 is 3.33. The molecule has 1 N–H and O–H groups in total. The van der Waals surface area contributed by atoms with Crippen molar-refractivity contribution in [2.24, 2.45) is 0 Å². The number of amides is 1. The quantitative estimate of drug-likeness (QED) is 0.931. The molecule has 82 valence electrons. The largest absolute Gasteiger partial charge is 0.324 e. The Morgan fingerprint density at radius 3 is 2.75 bits per heavy atom. The molecule has 0 saturated carbocycles. The molecule has 0 fully saturated rings. The number of hydrogen-bond donors (Lipinski definition) is 1. The van der Waals surface area contributed by atoms with Crippen LogP contribution in [0.2, 0.25) is 0 Å². The number of aromatic nitrogens is 3. The number of benzene rings is 1. The second-order valence-electron chi connectivity index (χ2n) is 3.15. The third kappa shape index (κ3) is 2.90. The third-order valence-corrected chi connectivity index (χ3v) is 2.43. The van der Waals surface area contributed by atoms with Gasteiger partial charge in [-0.15, -0.1) is 0 Å². The first-order valence-corrected chi connectivity index (χ1v) is 5.41. The molecular weight excluding hydrogens is 272 g/mol. The summed E-state index contributed by atoms with van der Waals surface area (Å²) in [5, 5.41) is 6.61. The monoisotopic (exact) mass is 280 g/mol. The lowest BCUT2D eigenvalue weighted by molar-refractivity contribution is -0.116. The molecule has 1 aromatic carbocycles. The SMILES string of the molecule is O=C(Cn1cncn1)Nc1ccc(Br)cc1. The minimum atomic E-state index is -0.132. The van der Waals surface area contributed by atoms with Crippen LogP contribution in [-0.2, 0) is 11.3 Å². The highest BCUT2D eigenvalue weighted by molar-refractivity contribution is 9.10. The van der Waals surface area contributed by atoms with E-state index in [1.165, 1.54) is 17.3 Å². The molecular formula is C10H9BrN4O. The maximum atomic E-state index is 11.6. The lowest BCUT2D eigenvalue weighted by Crippen LogP contribution is -2.18. The summed E-state index contributed by atoms with van der Waals surface area (Å²) in [5.41, 5.74) is 0.758. The second kappa shape index (κ2) is 4.89. The molecule has 1 aromatic heterocycles. The zero-order valence-electron chi connectivity index (χ0n) is 8.30. The molecule has 0 bridgehead atoms. The van der Waals surface area contributed by atoms with Gasteiger partial charge in [-0.2, -0.15) is 5.10 Å². The maximum Gasteiger partial charge on any atom is 0.246 e. The minimum Gasteiger partial charge on any atom is -0.324 e. The Morgan fingerprint density at radius 1 is 1.38 bits per heavy atom. The lowest BCUT2D eigenvalue weighted by Gasteiger charge is -2.04. The molecule has 0 aliphatic rings. The maximum absolute atomic E-state index is 11.6. The summed E-state index contributed by atoms with van der Waals surface area (Å²) < 4.78 is 2.44. The lowest BCUT2D eigenvalue weighted by atomic mass is 10.3. The van der Waals surface area contributed by atoms with E-state index in [4.69, 9.17) is 0 Å². The molecule has 5 nitrogen and oxygen atoms in total. The zero-order valence-corrected chi connectivity index (χ0v) is 9.89. The van der Waals surface area contributed by atoms with Gasteiger partial charge in [0.2, 0.25) is 5.91 Å². The average Bonchev–Trinajstić information content (AvgIpc) is 2.74. The Balaban J connectivity index is 1.95. The molecule has 0 aliphatic carbocycles. The first kappa shape index (κ1) is 10.8. The van der Waals surface area contributed by atoms with Crippen LogP contribution in [0.5, 0.6) is 0 Å². The molecule has 2 rings (SSSR count). The molecule has 1 heterocycles. The Labute approximate surface area is 101 Å². The van der Waals surface area contributed by atoms with Crippen molar-refractivity contribution in [3.63, 3.8) is 0 Å². The van der Waals surface area contributed by atoms with Gasteiger partial charge in [-0.25, -0.2) is 9.67 Å². The number of carbonyl (C=O) groups is 1. The van der Waals surface area contributed by atoms with Crippen molar-refractivity contribution in [2.75, 3.05) is 5.32 Å². The van der Waals surface area contributed by atoms with Crippen molar-refractivity contribution >= 4 is 27.5 Å². The molecule has 6 heteroatoms. The van der Waals surface area contributed by atoms with Gasteiger partial charge >= 0.3 is 0 Å². The van der Waals surface area contributed by atoms with Gasteiger partial charge in [0.05, 0.1) is 0 Å². The summed E-state index contributed by atoms with van der Waals surface area (Å²) in [5.74, 6) is -0.132. The minimum absolute atomic E-state index is 0.132. The Kier molecular flexibility index (Phi) is 3.31. The summed E-state index contributed by atoms with van der Waals surface area (Å²) in [7, 11) is 0. The predicted molar refractivity (Wildman–Crippen MR) is 62.8 cm³/mol. The Morgan fingerprint density at radius 2 is 2.12 bits per heavy atom. The van der Waals surface area contributed by atoms with Crippen LogP contribution in [-0.4, -0.2) is 20.7 Å². The Hall–Kier alpha value is -1.69. The van der Waals surface area contributed by atoms with Crippen LogP contribution < -0.4 is 5.32 Å². The summed E-state index contributed by atoms with van der Waals surface area (Å²) in [6.07, 6.45) is 2.90. The number of halogens is 1. The molecule has 1 amide bonds. The van der Waals surface area contributed by atoms with E-state index in [1.54, 1.807) is 0 Å². The average molecular weight is 281 g/mol. The van der Waals surface area contributed by atoms with Crippen LogP contribution in [0.1, 0.15) is 0 Å². The van der Waals surface area contributed by atoms with Gasteiger partial charge in [-0.1, -0.05) is 15.9 Å². The predicted octanol–water partition coefficient (Wildman–Crippen LogP) is 1.68. The first-order chi connectivity index (χ1) is 7.74. The van der Waals surface area contributed by atoms with Crippen LogP contribution >= 0.6 is 15.9 Å². The van der Waals surface area contributed by atoms with Gasteiger partial charge in [0.25, 0.3) is 0 Å². The van der Waals surface area contributed by atoms with Crippen LogP contribution in [0, 0.1) is 0 Å². The fraction of sp³-hybridized carbons (Fsp3) is 0.100. The fourth-order valence-electron chi connectivity index (χ4n) is 1.20. The van der Waals surface area contributed by atoms with E-state index in [9.17, 15) is 4.79 Å². The number of anilines is 1. The summed E-state index contributed by atoms with van der Waals surface area (Å²) in [6, 6.07) is 7.38. The highest BCUT2D eigenvalue weighted by Crippen LogP contribution is 2.13. The summed E-state index contributed by atoms with van der Waals surface area (Å²) in [6.45, 7) is 0.163. The molecule has 0 radical (unpaired) electrons. The van der Waals surface area contributed by atoms with Crippen molar-refractivity contribution in [3.05, 3.63) is 41.4 Å². The van der Waals surface area contributed by atoms with Gasteiger partial charge in [0.15, 0.2) is 0 Å². The molecule has 0 unspecified atom stereocenters. The molecule has 16 heavy (non-hydrogen) atoms.